The maximum atomic E-state index is 11.7. The summed E-state index contributed by atoms with van der Waals surface area (Å²) in [6, 6.07) is 0.294. The second-order valence-corrected chi connectivity index (χ2v) is 4.01. The quantitative estimate of drug-likeness (QED) is 0.800. The van der Waals surface area contributed by atoms with Crippen LogP contribution in [0.5, 0.6) is 0 Å². The zero-order valence-corrected chi connectivity index (χ0v) is 8.82. The van der Waals surface area contributed by atoms with Gasteiger partial charge in [-0.1, -0.05) is 24.4 Å². The van der Waals surface area contributed by atoms with Crippen molar-refractivity contribution < 1.29 is 9.42 Å². The third kappa shape index (κ3) is 2.34. The van der Waals surface area contributed by atoms with E-state index in [0.29, 0.717) is 17.4 Å². The van der Waals surface area contributed by atoms with E-state index in [1.54, 1.807) is 6.92 Å². The summed E-state index contributed by atoms with van der Waals surface area (Å²) in [5.41, 5.74) is 0.851. The van der Waals surface area contributed by atoms with E-state index in [9.17, 15) is 4.79 Å². The van der Waals surface area contributed by atoms with E-state index in [0.717, 1.165) is 12.8 Å². The van der Waals surface area contributed by atoms with Crippen molar-refractivity contribution in [2.45, 2.75) is 45.1 Å². The molecule has 0 spiro atoms. The summed E-state index contributed by atoms with van der Waals surface area (Å²) in [5.74, 6) is -0.166. The van der Waals surface area contributed by atoms with Gasteiger partial charge in [-0.3, -0.25) is 4.79 Å². The molecule has 1 aromatic heterocycles. The predicted molar refractivity (Wildman–Crippen MR) is 53.4 cm³/mol. The monoisotopic (exact) mass is 209 g/mol. The van der Waals surface area contributed by atoms with Gasteiger partial charge in [-0.25, -0.2) is 4.63 Å². The Hall–Kier alpha value is -1.39. The molecule has 0 bridgehead atoms. The highest BCUT2D eigenvalue weighted by Gasteiger charge is 2.20. The van der Waals surface area contributed by atoms with Crippen molar-refractivity contribution in [3.63, 3.8) is 0 Å². The largest absolute Gasteiger partial charge is 0.348 e. The fourth-order valence-electron chi connectivity index (χ4n) is 1.94. The molecule has 1 amide bonds. The van der Waals surface area contributed by atoms with Crippen LogP contribution >= 0.6 is 0 Å². The van der Waals surface area contributed by atoms with Crippen molar-refractivity contribution >= 4 is 5.91 Å². The molecule has 1 saturated carbocycles. The number of aryl methyl sites for hydroxylation is 1. The van der Waals surface area contributed by atoms with Crippen LogP contribution in [0.25, 0.3) is 0 Å². The number of hydrogen-bond donors (Lipinski definition) is 1. The van der Waals surface area contributed by atoms with Crippen LogP contribution in [0.3, 0.4) is 0 Å². The highest BCUT2D eigenvalue weighted by Crippen LogP contribution is 2.17. The van der Waals surface area contributed by atoms with E-state index in [1.165, 1.54) is 19.3 Å². The summed E-state index contributed by atoms with van der Waals surface area (Å²) in [4.78, 5) is 11.7. The van der Waals surface area contributed by atoms with E-state index < -0.39 is 0 Å². The van der Waals surface area contributed by atoms with Gasteiger partial charge < -0.3 is 5.32 Å². The molecule has 0 unspecified atom stereocenters. The Balaban J connectivity index is 1.94. The van der Waals surface area contributed by atoms with Gasteiger partial charge in [-0.05, 0) is 24.9 Å². The van der Waals surface area contributed by atoms with Crippen LogP contribution in [0.1, 0.15) is 48.3 Å². The minimum Gasteiger partial charge on any atom is -0.348 e. The number of carbonyl (C=O) groups excluding carboxylic acids is 1. The summed E-state index contributed by atoms with van der Waals surface area (Å²) in [6.45, 7) is 1.71. The molecule has 2 rings (SSSR count). The normalized spacial score (nSPS) is 17.7. The fourth-order valence-corrected chi connectivity index (χ4v) is 1.94. The average molecular weight is 209 g/mol. The van der Waals surface area contributed by atoms with Crippen molar-refractivity contribution in [3.05, 3.63) is 11.4 Å². The van der Waals surface area contributed by atoms with Crippen molar-refractivity contribution in [3.8, 4) is 0 Å². The van der Waals surface area contributed by atoms with Crippen molar-refractivity contribution in [1.29, 1.82) is 0 Å². The van der Waals surface area contributed by atoms with Gasteiger partial charge in [0, 0.05) is 6.04 Å². The molecule has 15 heavy (non-hydrogen) atoms. The van der Waals surface area contributed by atoms with Gasteiger partial charge in [0.05, 0.1) is 0 Å². The molecule has 1 fully saturated rings. The van der Waals surface area contributed by atoms with E-state index in [2.05, 4.69) is 20.3 Å². The molecule has 0 aromatic carbocycles. The van der Waals surface area contributed by atoms with Gasteiger partial charge >= 0.3 is 0 Å². The van der Waals surface area contributed by atoms with Gasteiger partial charge in [0.2, 0.25) is 0 Å². The highest BCUT2D eigenvalue weighted by molar-refractivity contribution is 5.93. The van der Waals surface area contributed by atoms with Gasteiger partial charge in [0.1, 0.15) is 5.69 Å². The number of amides is 1. The maximum Gasteiger partial charge on any atom is 0.275 e. The SMILES string of the molecule is Cc1nonc1C(=O)NC1CCCCC1. The molecular formula is C10H15N3O2. The van der Waals surface area contributed by atoms with Crippen molar-refractivity contribution in [2.75, 3.05) is 0 Å². The Kier molecular flexibility index (Phi) is 2.99. The number of nitrogens with zero attached hydrogens (tertiary/aromatic N) is 2. The molecule has 1 aliphatic carbocycles. The van der Waals surface area contributed by atoms with Crippen LogP contribution in [0.2, 0.25) is 0 Å². The summed E-state index contributed by atoms with van der Waals surface area (Å²) < 4.78 is 4.49. The average Bonchev–Trinajstić information content (AvgIpc) is 2.66. The molecule has 0 saturated heterocycles. The van der Waals surface area contributed by atoms with E-state index >= 15 is 0 Å². The molecule has 82 valence electrons. The first-order chi connectivity index (χ1) is 7.27. The van der Waals surface area contributed by atoms with Crippen molar-refractivity contribution in [2.24, 2.45) is 0 Å². The first-order valence-electron chi connectivity index (χ1n) is 5.37. The summed E-state index contributed by atoms with van der Waals surface area (Å²) in [7, 11) is 0. The lowest BCUT2D eigenvalue weighted by atomic mass is 9.95. The number of nitrogens with one attached hydrogen (secondary N) is 1. The van der Waals surface area contributed by atoms with Gasteiger partial charge in [-0.2, -0.15) is 0 Å². The van der Waals surface area contributed by atoms with Crippen LogP contribution in [-0.2, 0) is 0 Å². The first-order valence-corrected chi connectivity index (χ1v) is 5.37. The third-order valence-corrected chi connectivity index (χ3v) is 2.81. The Morgan fingerprint density at radius 2 is 2.07 bits per heavy atom. The summed E-state index contributed by atoms with van der Waals surface area (Å²) in [5, 5.41) is 10.1. The van der Waals surface area contributed by atoms with Crippen LogP contribution in [0.15, 0.2) is 4.63 Å². The maximum absolute atomic E-state index is 11.7. The number of rotatable bonds is 2. The molecule has 1 aromatic rings. The lowest BCUT2D eigenvalue weighted by Crippen LogP contribution is -2.36. The Morgan fingerprint density at radius 3 is 2.67 bits per heavy atom. The minimum atomic E-state index is -0.166. The number of hydrogen-bond acceptors (Lipinski definition) is 4. The lowest BCUT2D eigenvalue weighted by molar-refractivity contribution is 0.0917. The van der Waals surface area contributed by atoms with Crippen LogP contribution < -0.4 is 5.32 Å². The standard InChI is InChI=1S/C10H15N3O2/c1-7-9(13-15-12-7)10(14)11-8-5-3-2-4-6-8/h8H,2-6H2,1H3,(H,11,14). The molecule has 1 heterocycles. The second kappa shape index (κ2) is 4.42. The number of aromatic nitrogens is 2. The zero-order chi connectivity index (χ0) is 10.7. The molecule has 0 radical (unpaired) electrons. The summed E-state index contributed by atoms with van der Waals surface area (Å²) >= 11 is 0. The summed E-state index contributed by atoms with van der Waals surface area (Å²) in [6.07, 6.45) is 5.80. The Morgan fingerprint density at radius 1 is 1.33 bits per heavy atom. The minimum absolute atomic E-state index is 0.166. The van der Waals surface area contributed by atoms with Crippen molar-refractivity contribution in [1.82, 2.24) is 15.6 Å². The van der Waals surface area contributed by atoms with Crippen LogP contribution in [-0.4, -0.2) is 22.3 Å². The van der Waals surface area contributed by atoms with Crippen LogP contribution in [0, 0.1) is 6.92 Å². The Bertz CT molecular complexity index is 342. The fraction of sp³-hybridized carbons (Fsp3) is 0.700. The molecular weight excluding hydrogens is 194 g/mol. The molecule has 0 atom stereocenters. The van der Waals surface area contributed by atoms with Gasteiger partial charge in [0.15, 0.2) is 5.69 Å². The van der Waals surface area contributed by atoms with E-state index in [1.807, 2.05) is 0 Å². The van der Waals surface area contributed by atoms with Gasteiger partial charge in [0.25, 0.3) is 5.91 Å². The van der Waals surface area contributed by atoms with Gasteiger partial charge in [-0.15, -0.1) is 0 Å². The third-order valence-electron chi connectivity index (χ3n) is 2.81. The predicted octanol–water partition coefficient (Wildman–Crippen LogP) is 1.44. The molecule has 0 aliphatic heterocycles. The Labute approximate surface area is 88.2 Å². The van der Waals surface area contributed by atoms with Crippen LogP contribution in [0.4, 0.5) is 0 Å². The topological polar surface area (TPSA) is 68.0 Å². The highest BCUT2D eigenvalue weighted by atomic mass is 16.6. The smallest absolute Gasteiger partial charge is 0.275 e. The van der Waals surface area contributed by atoms with E-state index in [-0.39, 0.29) is 5.91 Å². The molecule has 5 heteroatoms. The lowest BCUT2D eigenvalue weighted by Gasteiger charge is -2.22. The molecule has 5 nitrogen and oxygen atoms in total. The zero-order valence-electron chi connectivity index (χ0n) is 8.82. The second-order valence-electron chi connectivity index (χ2n) is 4.01. The number of carbonyl (C=O) groups is 1. The molecule has 1 aliphatic rings. The molecule has 1 N–H and O–H groups in total. The first kappa shape index (κ1) is 10.1. The van der Waals surface area contributed by atoms with E-state index in [4.69, 9.17) is 0 Å².